The number of nitrogen functional groups attached to an aromatic ring is 1. The Hall–Kier alpha value is -7.08. The summed E-state index contributed by atoms with van der Waals surface area (Å²) in [5, 5.41) is 25.2. The number of benzene rings is 4. The van der Waals surface area contributed by atoms with Gasteiger partial charge in [0.1, 0.15) is 17.5 Å². The molecule has 2 aromatic heterocycles. The van der Waals surface area contributed by atoms with Gasteiger partial charge in [0.15, 0.2) is 18.0 Å². The Morgan fingerprint density at radius 3 is 1.52 bits per heavy atom. The fourth-order valence-electron chi connectivity index (χ4n) is 7.00. The maximum absolute atomic E-state index is 13.5. The number of aliphatic carboxylic acids is 1. The number of carbonyl (C=O) groups is 4. The van der Waals surface area contributed by atoms with Crippen LogP contribution in [0.1, 0.15) is 37.8 Å². The summed E-state index contributed by atoms with van der Waals surface area (Å²) in [7, 11) is 0. The molecule has 2 aliphatic rings. The Balaban J connectivity index is 0.000000207. The molecule has 2 aliphatic heterocycles. The molecule has 0 spiro atoms. The van der Waals surface area contributed by atoms with Crippen LogP contribution in [-0.2, 0) is 41.9 Å². The molecule has 73 heavy (non-hydrogen) atoms. The van der Waals surface area contributed by atoms with Gasteiger partial charge in [0.2, 0.25) is 17.7 Å². The Morgan fingerprint density at radius 2 is 1.12 bits per heavy atom. The van der Waals surface area contributed by atoms with Gasteiger partial charge in [-0.3, -0.25) is 19.2 Å². The van der Waals surface area contributed by atoms with E-state index in [0.29, 0.717) is 50.0 Å². The summed E-state index contributed by atoms with van der Waals surface area (Å²) in [6.07, 6.45) is -12.6. The van der Waals surface area contributed by atoms with Crippen LogP contribution in [0.5, 0.6) is 0 Å². The number of halogens is 10. The summed E-state index contributed by atoms with van der Waals surface area (Å²) < 4.78 is 116. The van der Waals surface area contributed by atoms with Crippen molar-refractivity contribution in [3.05, 3.63) is 130 Å². The molecule has 0 aliphatic carbocycles. The number of anilines is 2. The molecule has 4 aromatic carbocycles. The van der Waals surface area contributed by atoms with Crippen LogP contribution in [0, 0.1) is 23.5 Å². The van der Waals surface area contributed by atoms with E-state index in [0.717, 1.165) is 13.8 Å². The summed E-state index contributed by atoms with van der Waals surface area (Å²) in [6, 6.07) is 23.7. The Labute approximate surface area is 420 Å². The minimum atomic E-state index is -4.50. The number of nitrogens with two attached hydrogens (primary N) is 1. The number of ether oxygens (including phenoxy) is 2. The van der Waals surface area contributed by atoms with Gasteiger partial charge < -0.3 is 36.3 Å². The van der Waals surface area contributed by atoms with E-state index >= 15 is 0 Å². The summed E-state index contributed by atoms with van der Waals surface area (Å²) in [4.78, 5) is 44.6. The maximum atomic E-state index is 13.5. The molecule has 4 heterocycles. The van der Waals surface area contributed by atoms with Crippen molar-refractivity contribution in [1.29, 1.82) is 0 Å². The predicted octanol–water partition coefficient (Wildman–Crippen LogP) is 9.46. The molecule has 3 amide bonds. The number of carboxylic acid groups (broad SMARTS) is 1. The fourth-order valence-corrected chi connectivity index (χ4v) is 7.52. The van der Waals surface area contributed by atoms with Gasteiger partial charge in [-0.25, -0.2) is 18.1 Å². The van der Waals surface area contributed by atoms with Gasteiger partial charge in [0, 0.05) is 59.2 Å². The lowest BCUT2D eigenvalue weighted by molar-refractivity contribution is -0.217. The van der Waals surface area contributed by atoms with Crippen molar-refractivity contribution in [1.82, 2.24) is 30.2 Å². The molecule has 15 nitrogen and oxygen atoms in total. The predicted molar refractivity (Wildman–Crippen MR) is 251 cm³/mol. The van der Waals surface area contributed by atoms with Crippen LogP contribution in [0.15, 0.2) is 97.1 Å². The maximum Gasteiger partial charge on any atom is 0.414 e. The molecular formula is C48H44Cl2F8N8O7. The fraction of sp³-hybridized carbons (Fsp3) is 0.292. The molecule has 2 saturated heterocycles. The summed E-state index contributed by atoms with van der Waals surface area (Å²) in [5.41, 5.74) is 9.75. The van der Waals surface area contributed by atoms with Crippen LogP contribution < -0.4 is 21.7 Å². The van der Waals surface area contributed by atoms with Crippen molar-refractivity contribution in [3.8, 4) is 33.9 Å². The van der Waals surface area contributed by atoms with E-state index in [2.05, 4.69) is 26.1 Å². The number of carboxylic acids is 1. The van der Waals surface area contributed by atoms with Gasteiger partial charge in [-0.15, -0.1) is 5.10 Å². The molecule has 25 heteroatoms. The lowest BCUT2D eigenvalue weighted by Crippen LogP contribution is -2.28. The topological polar surface area (TPSA) is 205 Å². The van der Waals surface area contributed by atoms with Crippen LogP contribution >= 0.6 is 23.2 Å². The van der Waals surface area contributed by atoms with Crippen LogP contribution in [0.25, 0.3) is 33.9 Å². The monoisotopic (exact) mass is 1070 g/mol. The third-order valence-corrected chi connectivity index (χ3v) is 11.4. The van der Waals surface area contributed by atoms with Crippen molar-refractivity contribution in [3.63, 3.8) is 0 Å². The highest BCUT2D eigenvalue weighted by Gasteiger charge is 2.38. The second kappa shape index (κ2) is 23.6. The first-order valence-corrected chi connectivity index (χ1v) is 22.6. The number of rotatable bonds is 13. The lowest BCUT2D eigenvalue weighted by atomic mass is 10.1. The first-order chi connectivity index (χ1) is 34.3. The van der Waals surface area contributed by atoms with Crippen LogP contribution in [0.2, 0.25) is 10.0 Å². The second-order valence-electron chi connectivity index (χ2n) is 16.6. The number of nitrogens with zero attached hydrogens (tertiary/aromatic N) is 4. The summed E-state index contributed by atoms with van der Waals surface area (Å²) in [6.45, 7) is 1.74. The minimum Gasteiger partial charge on any atom is -0.481 e. The number of nitrogens with one attached hydrogen (secondary N) is 3. The van der Waals surface area contributed by atoms with Gasteiger partial charge in [0.25, 0.3) is 0 Å². The Morgan fingerprint density at radius 1 is 0.699 bits per heavy atom. The Bertz CT molecular complexity index is 2930. The molecule has 6 aromatic rings. The molecule has 6 N–H and O–H groups in total. The highest BCUT2D eigenvalue weighted by Crippen LogP contribution is 2.33. The lowest BCUT2D eigenvalue weighted by Gasteiger charge is -2.17. The molecule has 0 saturated carbocycles. The highest BCUT2D eigenvalue weighted by molar-refractivity contribution is 6.31. The standard InChI is InChI=1S/C24H21ClF4N4O3.C19H16ClF4N3O.C5H7NO3/c1-13(24(27,28)29)36-12-14-6-15(8-17(25)7-14)20-10-21(31-23(35)16-9-22(34)30-11-16)32-33(20)19-4-2-18(26)3-5-19;1-11(19(22,23)24)28-10-12-6-13(8-14(20)7-12)17-9-18(25)26-27(17)16-4-2-15(21)3-5-16;7-4-1-3(2-6-4)5(8)9/h2-8,10,13,16H,9,11-12H2,1H3,(H,30,34)(H,31,32,35);2-9,11H,10H2,1H3,(H2,25,26);3H,1-2H2,(H,6,7)(H,8,9)/t13-,16+;11-;3-/m110/s1. The first kappa shape index (κ1) is 55.2. The van der Waals surface area contributed by atoms with Crippen LogP contribution in [0.4, 0.5) is 46.8 Å². The van der Waals surface area contributed by atoms with E-state index in [1.165, 1.54) is 70.0 Å². The van der Waals surface area contributed by atoms with Crippen molar-refractivity contribution in [2.45, 2.75) is 64.5 Å². The number of hydrogen-bond acceptors (Lipinski definition) is 9. The number of aromatic nitrogens is 4. The van der Waals surface area contributed by atoms with Gasteiger partial charge in [-0.2, -0.15) is 31.4 Å². The van der Waals surface area contributed by atoms with Crippen LogP contribution in [-0.4, -0.2) is 86.0 Å². The van der Waals surface area contributed by atoms with E-state index in [-0.39, 0.29) is 67.6 Å². The highest BCUT2D eigenvalue weighted by atomic mass is 35.5. The van der Waals surface area contributed by atoms with Gasteiger partial charge in [-0.1, -0.05) is 23.2 Å². The first-order valence-electron chi connectivity index (χ1n) is 21.8. The van der Waals surface area contributed by atoms with E-state index < -0.39 is 59.9 Å². The average Bonchev–Trinajstić information content (AvgIpc) is 4.15. The van der Waals surface area contributed by atoms with Gasteiger partial charge in [0.05, 0.1) is 47.8 Å². The SMILES string of the molecule is C[C@@H](OCc1cc(Cl)cc(-c2cc(N)nn2-c2ccc(F)cc2)c1)C(F)(F)F.C[C@@H](OCc1cc(Cl)cc(-c2cc(NC(=O)[C@@H]3CNC(=O)C3)nn2-c2ccc(F)cc2)c1)C(F)(F)F.O=C1C[C@H](C(=O)O)CN1. The van der Waals surface area contributed by atoms with Crippen molar-refractivity contribution >= 4 is 58.5 Å². The molecule has 4 atom stereocenters. The summed E-state index contributed by atoms with van der Waals surface area (Å²) >= 11 is 12.4. The zero-order valence-electron chi connectivity index (χ0n) is 38.3. The van der Waals surface area contributed by atoms with E-state index in [9.17, 15) is 54.3 Å². The number of carbonyl (C=O) groups excluding carboxylic acids is 3. The zero-order chi connectivity index (χ0) is 53.4. The minimum absolute atomic E-state index is 0.0609. The largest absolute Gasteiger partial charge is 0.481 e. The summed E-state index contributed by atoms with van der Waals surface area (Å²) in [5.74, 6) is -3.20. The Kier molecular flexibility index (Phi) is 17.9. The van der Waals surface area contributed by atoms with E-state index in [1.807, 2.05) is 0 Å². The van der Waals surface area contributed by atoms with E-state index in [4.69, 9.17) is 43.5 Å². The molecule has 0 bridgehead atoms. The number of hydrogen-bond donors (Lipinski definition) is 5. The zero-order valence-corrected chi connectivity index (χ0v) is 39.8. The van der Waals surface area contributed by atoms with Crippen molar-refractivity contribution in [2.24, 2.45) is 11.8 Å². The van der Waals surface area contributed by atoms with Gasteiger partial charge in [-0.05, 0) is 110 Å². The third-order valence-electron chi connectivity index (χ3n) is 10.9. The number of amides is 3. The van der Waals surface area contributed by atoms with Crippen LogP contribution in [0.3, 0.4) is 0 Å². The van der Waals surface area contributed by atoms with Gasteiger partial charge >= 0.3 is 18.3 Å². The molecule has 388 valence electrons. The molecule has 2 fully saturated rings. The molecule has 0 unspecified atom stereocenters. The molecule has 0 radical (unpaired) electrons. The smallest absolute Gasteiger partial charge is 0.414 e. The second-order valence-corrected chi connectivity index (χ2v) is 17.4. The van der Waals surface area contributed by atoms with Crippen molar-refractivity contribution in [2.75, 3.05) is 24.1 Å². The molecule has 8 rings (SSSR count). The normalized spacial score (nSPS) is 16.3. The van der Waals surface area contributed by atoms with E-state index in [1.54, 1.807) is 36.4 Å². The average molecular weight is 1070 g/mol. The molecular weight excluding hydrogens is 1020 g/mol. The number of alkyl halides is 6. The quantitative estimate of drug-likeness (QED) is 0.0693. The third kappa shape index (κ3) is 15.5. The van der Waals surface area contributed by atoms with Crippen molar-refractivity contribution < 1.29 is 68.9 Å².